The van der Waals surface area contributed by atoms with Crippen molar-refractivity contribution in [3.63, 3.8) is 0 Å². The molecule has 0 radical (unpaired) electrons. The Balaban J connectivity index is 2.03. The molecule has 1 aliphatic heterocycles. The number of halogens is 1. The van der Waals surface area contributed by atoms with Gasteiger partial charge >= 0.3 is 0 Å². The van der Waals surface area contributed by atoms with E-state index < -0.39 is 16.7 Å². The maximum absolute atomic E-state index is 12.7. The third kappa shape index (κ3) is 2.57. The minimum atomic E-state index is -0.551. The molecule has 0 unspecified atom stereocenters. The first kappa shape index (κ1) is 15.9. The SMILES string of the molecule is Cc1c(Cl)cccc1N1C(=O)C=C(c2cccc([N+](=O)[O-])c2)C1=O. The Hall–Kier alpha value is -2.99. The molecule has 1 heterocycles. The molecule has 0 N–H and O–H groups in total. The van der Waals surface area contributed by atoms with Crippen molar-refractivity contribution in [2.45, 2.75) is 6.92 Å². The van der Waals surface area contributed by atoms with Gasteiger partial charge in [-0.1, -0.05) is 29.8 Å². The highest BCUT2D eigenvalue weighted by atomic mass is 35.5. The van der Waals surface area contributed by atoms with Gasteiger partial charge in [-0.05, 0) is 30.2 Å². The van der Waals surface area contributed by atoms with Crippen LogP contribution < -0.4 is 4.90 Å². The highest BCUT2D eigenvalue weighted by molar-refractivity contribution is 6.44. The van der Waals surface area contributed by atoms with Gasteiger partial charge in [0.2, 0.25) is 0 Å². The number of carbonyl (C=O) groups is 2. The number of carbonyl (C=O) groups excluding carboxylic acids is 2. The molecule has 0 aromatic heterocycles. The van der Waals surface area contributed by atoms with Crippen molar-refractivity contribution >= 4 is 40.4 Å². The minimum Gasteiger partial charge on any atom is -0.269 e. The van der Waals surface area contributed by atoms with Gasteiger partial charge in [0.15, 0.2) is 0 Å². The molecule has 2 amide bonds. The van der Waals surface area contributed by atoms with Crippen LogP contribution in [0.2, 0.25) is 5.02 Å². The van der Waals surface area contributed by atoms with Crippen LogP contribution in [0.15, 0.2) is 48.5 Å². The zero-order valence-corrected chi connectivity index (χ0v) is 13.3. The van der Waals surface area contributed by atoms with Crippen molar-refractivity contribution in [1.82, 2.24) is 0 Å². The van der Waals surface area contributed by atoms with Crippen LogP contribution in [-0.2, 0) is 9.59 Å². The second-order valence-corrected chi connectivity index (χ2v) is 5.64. The number of nitro benzene ring substituents is 1. The fourth-order valence-electron chi connectivity index (χ4n) is 2.53. The number of anilines is 1. The molecule has 120 valence electrons. The molecule has 0 saturated heterocycles. The standard InChI is InChI=1S/C17H11ClN2O4/c1-10-14(18)6-3-7-15(10)19-16(21)9-13(17(19)22)11-4-2-5-12(8-11)20(23)24/h2-9H,1H3. The molecule has 0 spiro atoms. The Morgan fingerprint density at radius 2 is 1.83 bits per heavy atom. The van der Waals surface area contributed by atoms with Gasteiger partial charge in [-0.3, -0.25) is 19.7 Å². The number of nitro groups is 1. The highest BCUT2D eigenvalue weighted by Gasteiger charge is 2.34. The molecule has 0 fully saturated rings. The lowest BCUT2D eigenvalue weighted by Crippen LogP contribution is -2.31. The number of non-ortho nitro benzene ring substituents is 1. The van der Waals surface area contributed by atoms with Crippen LogP contribution in [0.25, 0.3) is 5.57 Å². The largest absolute Gasteiger partial charge is 0.270 e. The van der Waals surface area contributed by atoms with Gasteiger partial charge in [0.05, 0.1) is 16.2 Å². The van der Waals surface area contributed by atoms with Crippen molar-refractivity contribution in [3.05, 3.63) is 74.8 Å². The van der Waals surface area contributed by atoms with Crippen molar-refractivity contribution in [1.29, 1.82) is 0 Å². The normalized spacial score (nSPS) is 14.1. The van der Waals surface area contributed by atoms with E-state index in [0.29, 0.717) is 21.8 Å². The summed E-state index contributed by atoms with van der Waals surface area (Å²) in [5.74, 6) is -1.04. The van der Waals surface area contributed by atoms with Gasteiger partial charge in [0.1, 0.15) is 0 Å². The van der Waals surface area contributed by atoms with Gasteiger partial charge in [0, 0.05) is 23.2 Å². The minimum absolute atomic E-state index is 0.114. The predicted octanol–water partition coefficient (Wildman–Crippen LogP) is 3.51. The molecule has 0 aliphatic carbocycles. The summed E-state index contributed by atoms with van der Waals surface area (Å²) < 4.78 is 0. The van der Waals surface area contributed by atoms with Crippen LogP contribution in [0.5, 0.6) is 0 Å². The van der Waals surface area contributed by atoms with Crippen LogP contribution in [0, 0.1) is 17.0 Å². The predicted molar refractivity (Wildman–Crippen MR) is 89.8 cm³/mol. The van der Waals surface area contributed by atoms with Crippen LogP contribution in [0.3, 0.4) is 0 Å². The molecule has 1 aliphatic rings. The zero-order chi connectivity index (χ0) is 17.4. The van der Waals surface area contributed by atoms with Gasteiger partial charge in [0.25, 0.3) is 17.5 Å². The molecular formula is C17H11ClN2O4. The summed E-state index contributed by atoms with van der Waals surface area (Å²) in [7, 11) is 0. The van der Waals surface area contributed by atoms with E-state index in [2.05, 4.69) is 0 Å². The quantitative estimate of drug-likeness (QED) is 0.485. The maximum Gasteiger partial charge on any atom is 0.270 e. The summed E-state index contributed by atoms with van der Waals surface area (Å²) in [5, 5.41) is 11.3. The maximum atomic E-state index is 12.7. The number of hydrogen-bond acceptors (Lipinski definition) is 4. The van der Waals surface area contributed by atoms with E-state index in [0.717, 1.165) is 4.90 Å². The first-order valence-electron chi connectivity index (χ1n) is 7.00. The first-order chi connectivity index (χ1) is 11.4. The summed E-state index contributed by atoms with van der Waals surface area (Å²) >= 11 is 6.06. The smallest absolute Gasteiger partial charge is 0.269 e. The lowest BCUT2D eigenvalue weighted by molar-refractivity contribution is -0.384. The fraction of sp³-hybridized carbons (Fsp3) is 0.0588. The van der Waals surface area contributed by atoms with E-state index in [1.165, 1.54) is 24.3 Å². The average Bonchev–Trinajstić information content (AvgIpc) is 2.85. The Kier molecular flexibility index (Phi) is 3.91. The average molecular weight is 343 g/mol. The molecule has 0 atom stereocenters. The number of benzene rings is 2. The topological polar surface area (TPSA) is 80.5 Å². The molecular weight excluding hydrogens is 332 g/mol. The first-order valence-corrected chi connectivity index (χ1v) is 7.38. The van der Waals surface area contributed by atoms with E-state index >= 15 is 0 Å². The van der Waals surface area contributed by atoms with Crippen LogP contribution in [0.4, 0.5) is 11.4 Å². The van der Waals surface area contributed by atoms with Gasteiger partial charge in [-0.2, -0.15) is 0 Å². The van der Waals surface area contributed by atoms with E-state index in [4.69, 9.17) is 11.6 Å². The lowest BCUT2D eigenvalue weighted by Gasteiger charge is -2.18. The Bertz CT molecular complexity index is 921. The summed E-state index contributed by atoms with van der Waals surface area (Å²) in [6.45, 7) is 1.71. The monoisotopic (exact) mass is 342 g/mol. The Morgan fingerprint density at radius 3 is 2.54 bits per heavy atom. The fourth-order valence-corrected chi connectivity index (χ4v) is 2.70. The van der Waals surface area contributed by atoms with Crippen molar-refractivity contribution in [2.24, 2.45) is 0 Å². The highest BCUT2D eigenvalue weighted by Crippen LogP contribution is 2.33. The van der Waals surface area contributed by atoms with Crippen molar-refractivity contribution in [2.75, 3.05) is 4.90 Å². The number of amides is 2. The molecule has 7 heteroatoms. The summed E-state index contributed by atoms with van der Waals surface area (Å²) in [6.07, 6.45) is 1.18. The Morgan fingerprint density at radius 1 is 1.12 bits per heavy atom. The van der Waals surface area contributed by atoms with Crippen molar-refractivity contribution < 1.29 is 14.5 Å². The summed E-state index contributed by atoms with van der Waals surface area (Å²) in [6, 6.07) is 10.6. The molecule has 0 bridgehead atoms. The van der Waals surface area contributed by atoms with Crippen LogP contribution in [-0.4, -0.2) is 16.7 Å². The number of imide groups is 1. The third-order valence-electron chi connectivity index (χ3n) is 3.77. The van der Waals surface area contributed by atoms with E-state index in [1.807, 2.05) is 0 Å². The molecule has 2 aromatic carbocycles. The lowest BCUT2D eigenvalue weighted by atomic mass is 10.1. The number of nitrogens with zero attached hydrogens (tertiary/aromatic N) is 2. The second kappa shape index (κ2) is 5.90. The summed E-state index contributed by atoms with van der Waals surface area (Å²) in [4.78, 5) is 36.4. The Labute approximate surface area is 142 Å². The van der Waals surface area contributed by atoms with Crippen molar-refractivity contribution in [3.8, 4) is 0 Å². The van der Waals surface area contributed by atoms with E-state index in [9.17, 15) is 19.7 Å². The number of hydrogen-bond donors (Lipinski definition) is 0. The van der Waals surface area contributed by atoms with E-state index in [1.54, 1.807) is 31.2 Å². The molecule has 6 nitrogen and oxygen atoms in total. The molecule has 2 aromatic rings. The van der Waals surface area contributed by atoms with Crippen LogP contribution in [0.1, 0.15) is 11.1 Å². The number of rotatable bonds is 3. The van der Waals surface area contributed by atoms with Gasteiger partial charge in [-0.15, -0.1) is 0 Å². The second-order valence-electron chi connectivity index (χ2n) is 5.23. The zero-order valence-electron chi connectivity index (χ0n) is 12.5. The molecule has 24 heavy (non-hydrogen) atoms. The molecule has 3 rings (SSSR count). The molecule has 0 saturated carbocycles. The van der Waals surface area contributed by atoms with Gasteiger partial charge < -0.3 is 0 Å². The summed E-state index contributed by atoms with van der Waals surface area (Å²) in [5.41, 5.74) is 1.29. The van der Waals surface area contributed by atoms with Gasteiger partial charge in [-0.25, -0.2) is 4.90 Å². The third-order valence-corrected chi connectivity index (χ3v) is 4.18. The van der Waals surface area contributed by atoms with Crippen LogP contribution >= 0.6 is 11.6 Å². The van der Waals surface area contributed by atoms with E-state index in [-0.39, 0.29) is 11.3 Å².